The second kappa shape index (κ2) is 36.2. The van der Waals surface area contributed by atoms with Crippen molar-refractivity contribution >= 4 is 0 Å². The van der Waals surface area contributed by atoms with Gasteiger partial charge in [0, 0.05) is 0 Å². The van der Waals surface area contributed by atoms with E-state index < -0.39 is 0 Å². The van der Waals surface area contributed by atoms with E-state index in [-0.39, 0.29) is 0 Å². The van der Waals surface area contributed by atoms with Gasteiger partial charge in [0.2, 0.25) is 0 Å². The van der Waals surface area contributed by atoms with Crippen molar-refractivity contribution in [3.8, 4) is 0 Å². The Morgan fingerprint density at radius 3 is 0.900 bits per heavy atom. The molecule has 0 aromatic carbocycles. The Balaban J connectivity index is -0.0000000750. The number of hydrogen-bond acceptors (Lipinski definition) is 1. The molecule has 0 saturated heterocycles. The van der Waals surface area contributed by atoms with Crippen molar-refractivity contribution < 1.29 is 0 Å². The topological polar surface area (TPSA) is 12.0 Å². The monoisotopic (exact) mass is 147 g/mol. The van der Waals surface area contributed by atoms with Crippen molar-refractivity contribution in [2.24, 2.45) is 0 Å². The molecule has 0 unspecified atom stereocenters. The molecule has 0 radical (unpaired) electrons. The molecule has 0 bridgehead atoms. The van der Waals surface area contributed by atoms with E-state index in [0.29, 0.717) is 0 Å². The predicted molar refractivity (Wildman–Crippen MR) is 51.5 cm³/mol. The van der Waals surface area contributed by atoms with Gasteiger partial charge in [-0.2, -0.15) is 0 Å². The van der Waals surface area contributed by atoms with Crippen LogP contribution in [-0.2, 0) is 0 Å². The molecule has 0 spiro atoms. The van der Waals surface area contributed by atoms with Gasteiger partial charge in [-0.25, -0.2) is 0 Å². The first-order valence-electron chi connectivity index (χ1n) is 4.33. The first-order valence-corrected chi connectivity index (χ1v) is 4.33. The molecule has 0 amide bonds. The molecule has 1 nitrogen and oxygen atoms in total. The maximum atomic E-state index is 2.75. The van der Waals surface area contributed by atoms with Crippen LogP contribution >= 0.6 is 0 Å². The maximum Gasteiger partial charge on any atom is -0.0167 e. The molecule has 0 aliphatic carbocycles. The minimum Gasteiger partial charge on any atom is -0.323 e. The Hall–Kier alpha value is -0.0400. The summed E-state index contributed by atoms with van der Waals surface area (Å²) < 4.78 is 0. The summed E-state index contributed by atoms with van der Waals surface area (Å²) in [6.07, 6.45) is 3.89. The summed E-state index contributed by atoms with van der Waals surface area (Å²) in [5.41, 5.74) is 0. The highest BCUT2D eigenvalue weighted by Gasteiger charge is 1.56. The van der Waals surface area contributed by atoms with E-state index in [9.17, 15) is 0 Å². The van der Waals surface area contributed by atoms with Gasteiger partial charge in [-0.3, -0.25) is 0 Å². The van der Waals surface area contributed by atoms with E-state index in [1.54, 1.807) is 0 Å². The van der Waals surface area contributed by atoms with E-state index in [1.165, 1.54) is 19.3 Å². The third-order valence-electron chi connectivity index (χ3n) is 0.500. The lowest BCUT2D eigenvalue weighted by Gasteiger charge is -1.68. The first-order chi connectivity index (χ1) is 4.74. The Morgan fingerprint density at radius 1 is 0.800 bits per heavy atom. The van der Waals surface area contributed by atoms with Gasteiger partial charge in [-0.15, -0.1) is 0 Å². The Bertz CT molecular complexity index is 16.7. The van der Waals surface area contributed by atoms with E-state index in [1.807, 2.05) is 14.1 Å². The van der Waals surface area contributed by atoms with Crippen LogP contribution in [0.15, 0.2) is 0 Å². The quantitative estimate of drug-likeness (QED) is 0.601. The Morgan fingerprint density at radius 2 is 0.900 bits per heavy atom. The first kappa shape index (κ1) is 16.5. The van der Waals surface area contributed by atoms with Crippen LogP contribution in [0, 0.1) is 0 Å². The van der Waals surface area contributed by atoms with Gasteiger partial charge in [0.15, 0.2) is 0 Å². The van der Waals surface area contributed by atoms with Crippen LogP contribution in [0.5, 0.6) is 0 Å². The largest absolute Gasteiger partial charge is 0.323 e. The van der Waals surface area contributed by atoms with E-state index in [0.717, 1.165) is 0 Å². The zero-order chi connectivity index (χ0) is 8.83. The van der Waals surface area contributed by atoms with Gasteiger partial charge >= 0.3 is 0 Å². The number of rotatable bonds is 1. The highest BCUT2D eigenvalue weighted by molar-refractivity contribution is 4.12. The Labute approximate surface area is 67.2 Å². The minimum absolute atomic E-state index is 1.25. The lowest BCUT2D eigenvalue weighted by atomic mass is 10.4. The molecule has 66 valence electrons. The zero-order valence-electron chi connectivity index (χ0n) is 8.62. The average Bonchev–Trinajstić information content (AvgIpc) is 1.91. The van der Waals surface area contributed by atoms with Crippen molar-refractivity contribution in [1.82, 2.24) is 5.32 Å². The molecule has 0 saturated carbocycles. The number of unbranched alkanes of at least 4 members (excludes halogenated alkanes) is 1. The summed E-state index contributed by atoms with van der Waals surface area (Å²) >= 11 is 0. The van der Waals surface area contributed by atoms with Gasteiger partial charge in [0.25, 0.3) is 0 Å². The molecule has 0 aromatic heterocycles. The Kier molecular flexibility index (Phi) is 59.8. The average molecular weight is 147 g/mol. The van der Waals surface area contributed by atoms with Crippen LogP contribution in [0.25, 0.3) is 0 Å². The maximum absolute atomic E-state index is 2.75. The minimum atomic E-state index is 1.25. The number of hydrogen-bond donors (Lipinski definition) is 1. The van der Waals surface area contributed by atoms with Gasteiger partial charge < -0.3 is 5.32 Å². The fourth-order valence-corrected chi connectivity index (χ4v) is 0. The molecule has 0 heterocycles. The van der Waals surface area contributed by atoms with Crippen LogP contribution < -0.4 is 5.32 Å². The SMILES string of the molecule is CCC.CCCC.CNC. The van der Waals surface area contributed by atoms with Gasteiger partial charge in [-0.05, 0) is 14.1 Å². The van der Waals surface area contributed by atoms with Crippen LogP contribution in [0.4, 0.5) is 0 Å². The smallest absolute Gasteiger partial charge is 0.0167 e. The zero-order valence-corrected chi connectivity index (χ0v) is 8.62. The van der Waals surface area contributed by atoms with Crippen LogP contribution in [0.3, 0.4) is 0 Å². The number of nitrogens with one attached hydrogen (secondary N) is 1. The molecule has 0 rings (SSSR count). The van der Waals surface area contributed by atoms with E-state index in [4.69, 9.17) is 0 Å². The van der Waals surface area contributed by atoms with Crippen LogP contribution in [0.2, 0.25) is 0 Å². The molecule has 1 heteroatoms. The molecule has 0 aliphatic heterocycles. The third-order valence-corrected chi connectivity index (χ3v) is 0.500. The second-order valence-electron chi connectivity index (χ2n) is 2.21. The summed E-state index contributed by atoms with van der Waals surface area (Å²) in [5.74, 6) is 0. The molecular formula is C9H25N. The fraction of sp³-hybridized carbons (Fsp3) is 1.00. The van der Waals surface area contributed by atoms with E-state index in [2.05, 4.69) is 33.0 Å². The summed E-state index contributed by atoms with van der Waals surface area (Å²) in [6, 6.07) is 0. The summed E-state index contributed by atoms with van der Waals surface area (Å²) in [4.78, 5) is 0. The van der Waals surface area contributed by atoms with Gasteiger partial charge in [-0.1, -0.05) is 47.0 Å². The highest BCUT2D eigenvalue weighted by atomic mass is 14.7. The van der Waals surface area contributed by atoms with Crippen molar-refractivity contribution in [1.29, 1.82) is 0 Å². The fourth-order valence-electron chi connectivity index (χ4n) is 0. The normalized spacial score (nSPS) is 6.60. The lowest BCUT2D eigenvalue weighted by Crippen LogP contribution is -1.89. The summed E-state index contributed by atoms with van der Waals surface area (Å²) in [6.45, 7) is 8.61. The summed E-state index contributed by atoms with van der Waals surface area (Å²) in [7, 11) is 3.75. The molecule has 0 aromatic rings. The van der Waals surface area contributed by atoms with Crippen molar-refractivity contribution in [2.75, 3.05) is 14.1 Å². The van der Waals surface area contributed by atoms with Gasteiger partial charge in [0.05, 0.1) is 0 Å². The van der Waals surface area contributed by atoms with Crippen molar-refractivity contribution in [2.45, 2.75) is 47.0 Å². The van der Waals surface area contributed by atoms with Crippen molar-refractivity contribution in [3.63, 3.8) is 0 Å². The molecule has 10 heavy (non-hydrogen) atoms. The van der Waals surface area contributed by atoms with Gasteiger partial charge in [0.1, 0.15) is 0 Å². The highest BCUT2D eigenvalue weighted by Crippen LogP contribution is 1.76. The third kappa shape index (κ3) is 418. The predicted octanol–water partition coefficient (Wildman–Crippen LogP) is 3.06. The van der Waals surface area contributed by atoms with Crippen LogP contribution in [-0.4, -0.2) is 14.1 Å². The standard InChI is InChI=1S/C4H10.C3H8.C2H7N/c1-3-4-2;2*1-3-2/h3-4H2,1-2H3;3H2,1-2H3;3H,1-2H3. The molecule has 1 N–H and O–H groups in total. The molecular weight excluding hydrogens is 122 g/mol. The molecule has 0 atom stereocenters. The van der Waals surface area contributed by atoms with E-state index >= 15 is 0 Å². The van der Waals surface area contributed by atoms with Crippen LogP contribution in [0.1, 0.15) is 47.0 Å². The molecule has 0 aliphatic rings. The summed E-state index contributed by atoms with van der Waals surface area (Å²) in [5, 5.41) is 2.75. The molecule has 0 fully saturated rings. The lowest BCUT2D eigenvalue weighted by molar-refractivity contribution is 0.886. The second-order valence-corrected chi connectivity index (χ2v) is 2.21. The van der Waals surface area contributed by atoms with Crippen molar-refractivity contribution in [3.05, 3.63) is 0 Å².